The second-order valence-corrected chi connectivity index (χ2v) is 4.91. The SMILES string of the molecule is CC(N)Cc1cccc(OCCc2ccccc2)c1. The predicted octanol–water partition coefficient (Wildman–Crippen LogP) is 3.20. The summed E-state index contributed by atoms with van der Waals surface area (Å²) in [5, 5.41) is 0. The van der Waals surface area contributed by atoms with Crippen LogP contribution in [0, 0.1) is 0 Å². The molecule has 0 aliphatic rings. The third-order valence-electron chi connectivity index (χ3n) is 2.96. The van der Waals surface area contributed by atoms with E-state index in [1.807, 2.05) is 25.1 Å². The maximum absolute atomic E-state index is 5.81. The molecule has 1 atom stereocenters. The Labute approximate surface area is 115 Å². The van der Waals surface area contributed by atoms with Gasteiger partial charge in [0.25, 0.3) is 0 Å². The molecule has 1 unspecified atom stereocenters. The van der Waals surface area contributed by atoms with E-state index in [0.717, 1.165) is 18.6 Å². The number of rotatable bonds is 6. The van der Waals surface area contributed by atoms with E-state index in [0.29, 0.717) is 6.61 Å². The summed E-state index contributed by atoms with van der Waals surface area (Å²) >= 11 is 0. The van der Waals surface area contributed by atoms with Crippen molar-refractivity contribution in [3.8, 4) is 5.75 Å². The van der Waals surface area contributed by atoms with Gasteiger partial charge in [0.15, 0.2) is 0 Å². The Morgan fingerprint density at radius 3 is 2.47 bits per heavy atom. The summed E-state index contributed by atoms with van der Waals surface area (Å²) in [6.07, 6.45) is 1.81. The Bertz CT molecular complexity index is 494. The molecule has 0 fully saturated rings. The van der Waals surface area contributed by atoms with E-state index < -0.39 is 0 Å². The topological polar surface area (TPSA) is 35.2 Å². The van der Waals surface area contributed by atoms with E-state index in [-0.39, 0.29) is 6.04 Å². The van der Waals surface area contributed by atoms with Crippen LogP contribution in [0.25, 0.3) is 0 Å². The molecule has 2 aromatic rings. The van der Waals surface area contributed by atoms with Gasteiger partial charge in [0.2, 0.25) is 0 Å². The van der Waals surface area contributed by atoms with E-state index in [9.17, 15) is 0 Å². The lowest BCUT2D eigenvalue weighted by Gasteiger charge is -2.09. The molecule has 19 heavy (non-hydrogen) atoms. The smallest absolute Gasteiger partial charge is 0.119 e. The first-order chi connectivity index (χ1) is 9.24. The number of nitrogens with two attached hydrogens (primary N) is 1. The zero-order valence-corrected chi connectivity index (χ0v) is 11.4. The summed E-state index contributed by atoms with van der Waals surface area (Å²) in [5.41, 5.74) is 8.34. The summed E-state index contributed by atoms with van der Waals surface area (Å²) in [7, 11) is 0. The molecular weight excluding hydrogens is 234 g/mol. The van der Waals surface area contributed by atoms with E-state index >= 15 is 0 Å². The van der Waals surface area contributed by atoms with E-state index in [4.69, 9.17) is 10.5 Å². The Morgan fingerprint density at radius 1 is 1.00 bits per heavy atom. The average molecular weight is 255 g/mol. The predicted molar refractivity (Wildman–Crippen MR) is 79.4 cm³/mol. The fourth-order valence-electron chi connectivity index (χ4n) is 2.07. The molecule has 2 aromatic carbocycles. The molecule has 100 valence electrons. The molecule has 0 aliphatic heterocycles. The van der Waals surface area contributed by atoms with Gasteiger partial charge in [0, 0.05) is 12.5 Å². The number of hydrogen-bond acceptors (Lipinski definition) is 2. The lowest BCUT2D eigenvalue weighted by molar-refractivity contribution is 0.321. The monoisotopic (exact) mass is 255 g/mol. The molecular formula is C17H21NO. The summed E-state index contributed by atoms with van der Waals surface area (Å²) in [6, 6.07) is 18.7. The lowest BCUT2D eigenvalue weighted by atomic mass is 10.1. The van der Waals surface area contributed by atoms with Crippen molar-refractivity contribution in [2.45, 2.75) is 25.8 Å². The molecule has 0 radical (unpaired) electrons. The van der Waals surface area contributed by atoms with Gasteiger partial charge in [0.05, 0.1) is 6.61 Å². The number of ether oxygens (including phenoxy) is 1. The third kappa shape index (κ3) is 4.76. The van der Waals surface area contributed by atoms with Crippen molar-refractivity contribution in [3.63, 3.8) is 0 Å². The molecule has 0 heterocycles. The van der Waals surface area contributed by atoms with Crippen molar-refractivity contribution in [1.82, 2.24) is 0 Å². The number of hydrogen-bond donors (Lipinski definition) is 1. The van der Waals surface area contributed by atoms with Crippen molar-refractivity contribution in [2.75, 3.05) is 6.61 Å². The van der Waals surface area contributed by atoms with Crippen molar-refractivity contribution < 1.29 is 4.74 Å². The van der Waals surface area contributed by atoms with Crippen LogP contribution >= 0.6 is 0 Å². The van der Waals surface area contributed by atoms with Gasteiger partial charge >= 0.3 is 0 Å². The maximum atomic E-state index is 5.81. The van der Waals surface area contributed by atoms with Gasteiger partial charge in [0.1, 0.15) is 5.75 Å². The summed E-state index contributed by atoms with van der Waals surface area (Å²) in [4.78, 5) is 0. The highest BCUT2D eigenvalue weighted by atomic mass is 16.5. The van der Waals surface area contributed by atoms with Gasteiger partial charge in [-0.15, -0.1) is 0 Å². The minimum Gasteiger partial charge on any atom is -0.493 e. The summed E-state index contributed by atoms with van der Waals surface area (Å²) < 4.78 is 5.79. The lowest BCUT2D eigenvalue weighted by Crippen LogP contribution is -2.17. The van der Waals surface area contributed by atoms with Crippen LogP contribution < -0.4 is 10.5 Å². The first-order valence-electron chi connectivity index (χ1n) is 6.75. The zero-order chi connectivity index (χ0) is 13.5. The van der Waals surface area contributed by atoms with Gasteiger partial charge < -0.3 is 10.5 Å². The van der Waals surface area contributed by atoms with Crippen molar-refractivity contribution in [3.05, 3.63) is 65.7 Å². The first kappa shape index (κ1) is 13.6. The molecule has 0 aromatic heterocycles. The Hall–Kier alpha value is -1.80. The molecule has 0 saturated heterocycles. The van der Waals surface area contributed by atoms with Crippen LogP contribution in [-0.4, -0.2) is 12.6 Å². The standard InChI is InChI=1S/C17H21NO/c1-14(18)12-16-8-5-9-17(13-16)19-11-10-15-6-3-2-4-7-15/h2-9,13-14H,10-12,18H2,1H3. The first-order valence-corrected chi connectivity index (χ1v) is 6.75. The van der Waals surface area contributed by atoms with Crippen LogP contribution in [0.5, 0.6) is 5.75 Å². The van der Waals surface area contributed by atoms with Crippen LogP contribution in [0.1, 0.15) is 18.1 Å². The molecule has 2 nitrogen and oxygen atoms in total. The fourth-order valence-corrected chi connectivity index (χ4v) is 2.07. The van der Waals surface area contributed by atoms with Gasteiger partial charge in [-0.05, 0) is 36.6 Å². The van der Waals surface area contributed by atoms with Gasteiger partial charge in [-0.25, -0.2) is 0 Å². The van der Waals surface area contributed by atoms with Gasteiger partial charge in [-0.2, -0.15) is 0 Å². The number of benzene rings is 2. The second kappa shape index (κ2) is 6.95. The van der Waals surface area contributed by atoms with E-state index in [1.54, 1.807) is 0 Å². The fraction of sp³-hybridized carbons (Fsp3) is 0.294. The minimum atomic E-state index is 0.180. The van der Waals surface area contributed by atoms with Gasteiger partial charge in [-0.3, -0.25) is 0 Å². The van der Waals surface area contributed by atoms with Gasteiger partial charge in [-0.1, -0.05) is 42.5 Å². The van der Waals surface area contributed by atoms with Crippen LogP contribution in [0.4, 0.5) is 0 Å². The molecule has 2 N–H and O–H groups in total. The highest BCUT2D eigenvalue weighted by Crippen LogP contribution is 2.15. The molecule has 2 heteroatoms. The Balaban J connectivity index is 1.86. The van der Waals surface area contributed by atoms with E-state index in [2.05, 4.69) is 36.4 Å². The Morgan fingerprint density at radius 2 is 1.74 bits per heavy atom. The van der Waals surface area contributed by atoms with Crippen molar-refractivity contribution in [2.24, 2.45) is 5.73 Å². The van der Waals surface area contributed by atoms with Crippen LogP contribution in [0.3, 0.4) is 0 Å². The largest absolute Gasteiger partial charge is 0.493 e. The third-order valence-corrected chi connectivity index (χ3v) is 2.96. The molecule has 0 spiro atoms. The van der Waals surface area contributed by atoms with Crippen LogP contribution in [0.15, 0.2) is 54.6 Å². The summed E-state index contributed by atoms with van der Waals surface area (Å²) in [5.74, 6) is 0.925. The maximum Gasteiger partial charge on any atom is 0.119 e. The quantitative estimate of drug-likeness (QED) is 0.860. The minimum absolute atomic E-state index is 0.180. The van der Waals surface area contributed by atoms with Crippen molar-refractivity contribution >= 4 is 0 Å². The summed E-state index contributed by atoms with van der Waals surface area (Å²) in [6.45, 7) is 2.72. The molecule has 0 aliphatic carbocycles. The van der Waals surface area contributed by atoms with Crippen LogP contribution in [0.2, 0.25) is 0 Å². The Kier molecular flexibility index (Phi) is 4.99. The highest BCUT2D eigenvalue weighted by Gasteiger charge is 2.00. The molecule has 0 bridgehead atoms. The molecule has 0 amide bonds. The second-order valence-electron chi connectivity index (χ2n) is 4.91. The van der Waals surface area contributed by atoms with E-state index in [1.165, 1.54) is 11.1 Å². The normalized spacial score (nSPS) is 12.1. The molecule has 0 saturated carbocycles. The zero-order valence-electron chi connectivity index (χ0n) is 11.4. The molecule has 2 rings (SSSR count). The highest BCUT2D eigenvalue weighted by molar-refractivity contribution is 5.29. The van der Waals surface area contributed by atoms with Crippen LogP contribution in [-0.2, 0) is 12.8 Å². The average Bonchev–Trinajstić information content (AvgIpc) is 2.40. The van der Waals surface area contributed by atoms with Crippen molar-refractivity contribution in [1.29, 1.82) is 0 Å².